The van der Waals surface area contributed by atoms with E-state index in [1.54, 1.807) is 109 Å². The number of hydrogen-bond acceptors (Lipinski definition) is 20. The standard InChI is InChI=1S/C51H38Cl3NO10S.C45H37NO8/c1-61-55-31-45(63-50(57)40-25-19-37(20-26-40)34-13-7-3-8-14-34)48(64-51(58)41-27-21-38(22-28-41)35-15-9-4-10-16-35)46(65-66(59,60)47-30-43(53)42(52)29-44(47)54)32-62-49(56)39-23-17-36(18-24-39)33-11-5-2-6-12-33;1-51-46-29-41(53-44(49)38-25-19-35(20-26-38)32-13-7-3-8-14-32)42(54-45(50)39-27-21-36(22-28-39)33-15-9-4-10-16-33)40(47)30-52-43(48)37-23-17-34(18-24-37)31-11-5-2-6-12-31/h2-31,45-46,48H,32H2,1H3;2-29,40-42,47H,30H2,1H3/b55-31+;46-29+/t45-,46+,48-;40-,41+,42-/m10/s1. The normalized spacial score (nSPS) is 12.7. The van der Waals surface area contributed by atoms with Crippen LogP contribution < -0.4 is 0 Å². The number of ether oxygens (including phenoxy) is 6. The molecule has 1 N–H and O–H groups in total. The molecule has 0 fully saturated rings. The van der Waals surface area contributed by atoms with Crippen LogP contribution in [0.5, 0.6) is 0 Å². The minimum atomic E-state index is -5.00. The van der Waals surface area contributed by atoms with E-state index in [-0.39, 0.29) is 48.4 Å². The van der Waals surface area contributed by atoms with Crippen molar-refractivity contribution in [1.82, 2.24) is 0 Å². The lowest BCUT2D eigenvalue weighted by atomic mass is 10.0. The molecule has 0 saturated carbocycles. The Kier molecular flexibility index (Phi) is 30.0. The van der Waals surface area contributed by atoms with Crippen molar-refractivity contribution in [1.29, 1.82) is 0 Å². The number of benzene rings is 13. The number of aliphatic hydroxyl groups is 1. The van der Waals surface area contributed by atoms with E-state index in [9.17, 15) is 42.3 Å². The number of carbonyl (C=O) groups is 6. The molecule has 24 heteroatoms. The van der Waals surface area contributed by atoms with Crippen LogP contribution in [0.2, 0.25) is 15.1 Å². The van der Waals surface area contributed by atoms with Crippen molar-refractivity contribution < 1.29 is 84.6 Å². The van der Waals surface area contributed by atoms with Crippen LogP contribution in [0, 0.1) is 0 Å². The summed E-state index contributed by atoms with van der Waals surface area (Å²) in [6.45, 7) is -1.51. The van der Waals surface area contributed by atoms with Crippen molar-refractivity contribution >= 4 is 93.2 Å². The fraction of sp³-hybridized carbons (Fsp3) is 0.104. The summed E-state index contributed by atoms with van der Waals surface area (Å²) in [7, 11) is -2.50. The van der Waals surface area contributed by atoms with Crippen LogP contribution in [0.15, 0.2) is 355 Å². The Balaban J connectivity index is 0.000000224. The van der Waals surface area contributed by atoms with E-state index in [2.05, 4.69) is 10.3 Å². The Morgan fingerprint density at radius 2 is 0.558 bits per heavy atom. The monoisotopic (exact) mass is 1680 g/mol. The van der Waals surface area contributed by atoms with Crippen LogP contribution in [0.4, 0.5) is 0 Å². The van der Waals surface area contributed by atoms with E-state index in [1.165, 1.54) is 50.6 Å². The highest BCUT2D eigenvalue weighted by atomic mass is 35.5. The molecule has 0 spiro atoms. The second-order valence-corrected chi connectivity index (χ2v) is 29.3. The minimum absolute atomic E-state index is 0.0228. The number of nitrogens with zero attached hydrogens (tertiary/aromatic N) is 2. The predicted octanol–water partition coefficient (Wildman–Crippen LogP) is 20.0. The Labute approximate surface area is 707 Å². The summed E-state index contributed by atoms with van der Waals surface area (Å²) in [5.74, 6) is -5.14. The molecule has 13 aromatic rings. The number of rotatable bonds is 31. The van der Waals surface area contributed by atoms with Gasteiger partial charge in [0.2, 0.25) is 0 Å². The molecule has 0 aliphatic carbocycles. The van der Waals surface area contributed by atoms with Gasteiger partial charge in [-0.15, -0.1) is 0 Å². The molecule has 0 radical (unpaired) electrons. The molecule has 13 aromatic carbocycles. The van der Waals surface area contributed by atoms with Gasteiger partial charge in [-0.3, -0.25) is 4.18 Å². The maximum Gasteiger partial charge on any atom is 0.338 e. The summed E-state index contributed by atoms with van der Waals surface area (Å²) in [5, 5.41) is 18.4. The number of hydrogen-bond donors (Lipinski definition) is 1. The van der Waals surface area contributed by atoms with Gasteiger partial charge in [-0.2, -0.15) is 8.42 Å². The Morgan fingerprint density at radius 3 is 0.850 bits per heavy atom. The summed E-state index contributed by atoms with van der Waals surface area (Å²) < 4.78 is 69.0. The van der Waals surface area contributed by atoms with Crippen molar-refractivity contribution in [2.45, 2.75) is 41.5 Å². The molecule has 0 heterocycles. The lowest BCUT2D eigenvalue weighted by Crippen LogP contribution is -2.48. The van der Waals surface area contributed by atoms with E-state index < -0.39 is 101 Å². The van der Waals surface area contributed by atoms with Crippen LogP contribution in [-0.4, -0.2) is 126 Å². The largest absolute Gasteiger partial charge is 0.459 e. The van der Waals surface area contributed by atoms with Gasteiger partial charge in [-0.05, 0) is 152 Å². The van der Waals surface area contributed by atoms with Gasteiger partial charge in [0.25, 0.3) is 10.1 Å². The van der Waals surface area contributed by atoms with E-state index in [0.717, 1.165) is 91.3 Å². The quantitative estimate of drug-likeness (QED) is 0.0106. The topological polar surface area (TPSA) is 265 Å². The maximum absolute atomic E-state index is 14.2. The molecule has 6 atom stereocenters. The number of carbonyl (C=O) groups excluding carboxylic acids is 6. The zero-order valence-electron chi connectivity index (χ0n) is 64.2. The summed E-state index contributed by atoms with van der Waals surface area (Å²) in [6, 6.07) is 99.0. The van der Waals surface area contributed by atoms with Gasteiger partial charge >= 0.3 is 35.8 Å². The van der Waals surface area contributed by atoms with Gasteiger partial charge in [0.05, 0.1) is 60.9 Å². The van der Waals surface area contributed by atoms with Crippen molar-refractivity contribution in [3.05, 3.63) is 388 Å². The first kappa shape index (κ1) is 85.7. The van der Waals surface area contributed by atoms with Crippen molar-refractivity contribution in [2.24, 2.45) is 10.3 Å². The lowest BCUT2D eigenvalue weighted by molar-refractivity contribution is -0.0784. The second-order valence-electron chi connectivity index (χ2n) is 26.6. The van der Waals surface area contributed by atoms with Gasteiger partial charge in [-0.25, -0.2) is 28.8 Å². The maximum atomic E-state index is 14.2. The third-order valence-electron chi connectivity index (χ3n) is 18.6. The van der Waals surface area contributed by atoms with E-state index in [0.29, 0.717) is 0 Å². The Bertz CT molecular complexity index is 5790. The molecule has 0 bridgehead atoms. The van der Waals surface area contributed by atoms with Crippen LogP contribution >= 0.6 is 34.8 Å². The second kappa shape index (κ2) is 42.0. The molecule has 20 nitrogen and oxygen atoms in total. The molecule has 604 valence electrons. The summed E-state index contributed by atoms with van der Waals surface area (Å²) in [4.78, 5) is 91.2. The van der Waals surface area contributed by atoms with Gasteiger partial charge in [0.15, 0.2) is 30.5 Å². The van der Waals surface area contributed by atoms with Crippen molar-refractivity contribution in [3.8, 4) is 66.8 Å². The zero-order valence-corrected chi connectivity index (χ0v) is 67.3. The Hall–Kier alpha value is -13.6. The summed E-state index contributed by atoms with van der Waals surface area (Å²) >= 11 is 18.7. The number of aliphatic hydroxyl groups excluding tert-OH is 1. The Morgan fingerprint density at radius 1 is 0.317 bits per heavy atom. The smallest absolute Gasteiger partial charge is 0.338 e. The minimum Gasteiger partial charge on any atom is -0.459 e. The van der Waals surface area contributed by atoms with Crippen LogP contribution in [0.25, 0.3) is 66.8 Å². The molecular weight excluding hydrogens is 1610 g/mol. The first-order valence-electron chi connectivity index (χ1n) is 37.3. The van der Waals surface area contributed by atoms with Crippen LogP contribution in [0.1, 0.15) is 62.1 Å². The van der Waals surface area contributed by atoms with E-state index in [1.807, 2.05) is 182 Å². The summed E-state index contributed by atoms with van der Waals surface area (Å²) in [6.07, 6.45) is -8.28. The average Bonchev–Trinajstić information content (AvgIpc) is 0.786. The molecule has 0 saturated heterocycles. The molecule has 0 aliphatic heterocycles. The molecular formula is C96H75Cl3N2O18S. The third-order valence-corrected chi connectivity index (χ3v) is 21.1. The third kappa shape index (κ3) is 23.2. The average molecular weight is 1680 g/mol. The highest BCUT2D eigenvalue weighted by Crippen LogP contribution is 2.35. The molecule has 13 rings (SSSR count). The van der Waals surface area contributed by atoms with Crippen LogP contribution in [-0.2, 0) is 52.4 Å². The molecule has 0 unspecified atom stereocenters. The molecule has 120 heavy (non-hydrogen) atoms. The molecule has 0 aromatic heterocycles. The van der Waals surface area contributed by atoms with Gasteiger partial charge < -0.3 is 43.2 Å². The van der Waals surface area contributed by atoms with Crippen molar-refractivity contribution in [2.75, 3.05) is 27.4 Å². The zero-order chi connectivity index (χ0) is 84.3. The van der Waals surface area contributed by atoms with E-state index >= 15 is 0 Å². The SMILES string of the molecule is CO/N=C/[C@@H](OC(=O)c1ccc(-c2ccccc2)cc1)[C@@H](OC(=O)c1ccc(-c2ccccc2)cc1)[C@@H](O)COC(=O)c1ccc(-c2ccccc2)cc1.CO/N=C/[C@@H](OC(=O)c1ccc(-c2ccccc2)cc1)[C@@H](OC(=O)c1ccc(-c2ccccc2)cc1)[C@H](COC(=O)c1ccc(-c2ccccc2)cc1)OS(=O)(=O)c1cc(Cl)c(Cl)cc1Cl. The van der Waals surface area contributed by atoms with Crippen LogP contribution in [0.3, 0.4) is 0 Å². The first-order valence-corrected chi connectivity index (χ1v) is 39.8. The molecule has 0 amide bonds. The van der Waals surface area contributed by atoms with E-state index in [4.69, 9.17) is 77.1 Å². The number of halogens is 3. The lowest BCUT2D eigenvalue weighted by Gasteiger charge is -2.30. The number of oxime groups is 2. The highest BCUT2D eigenvalue weighted by molar-refractivity contribution is 7.87. The molecule has 0 aliphatic rings. The van der Waals surface area contributed by atoms with Gasteiger partial charge in [0.1, 0.15) is 38.4 Å². The predicted molar refractivity (Wildman–Crippen MR) is 459 cm³/mol. The summed E-state index contributed by atoms with van der Waals surface area (Å²) in [5.41, 5.74) is 11.5. The first-order chi connectivity index (χ1) is 58.3. The highest BCUT2D eigenvalue weighted by Gasteiger charge is 2.42. The fourth-order valence-corrected chi connectivity index (χ4v) is 14.4. The van der Waals surface area contributed by atoms with Gasteiger partial charge in [0, 0.05) is 0 Å². The fourth-order valence-electron chi connectivity index (χ4n) is 12.3. The number of esters is 6. The van der Waals surface area contributed by atoms with Gasteiger partial charge in [-0.1, -0.05) is 300 Å². The van der Waals surface area contributed by atoms with Crippen molar-refractivity contribution in [3.63, 3.8) is 0 Å².